The van der Waals surface area contributed by atoms with Crippen molar-refractivity contribution in [1.82, 2.24) is 4.90 Å². The van der Waals surface area contributed by atoms with Crippen molar-refractivity contribution in [3.8, 4) is 0 Å². The van der Waals surface area contributed by atoms with Crippen molar-refractivity contribution in [3.05, 3.63) is 33.6 Å². The summed E-state index contributed by atoms with van der Waals surface area (Å²) < 4.78 is 13.2. The van der Waals surface area contributed by atoms with Crippen LogP contribution < -0.4 is 5.73 Å². The lowest BCUT2D eigenvalue weighted by atomic mass is 10.1. The van der Waals surface area contributed by atoms with Gasteiger partial charge >= 0.3 is 0 Å². The van der Waals surface area contributed by atoms with Gasteiger partial charge in [-0.05, 0) is 12.5 Å². The number of nitrogens with zero attached hydrogens (tertiary/aromatic N) is 2. The summed E-state index contributed by atoms with van der Waals surface area (Å²) in [6.07, 6.45) is -0.225. The average molecular weight is 269 g/mol. The van der Waals surface area contributed by atoms with Gasteiger partial charge in [0.1, 0.15) is 5.56 Å². The summed E-state index contributed by atoms with van der Waals surface area (Å²) in [5.74, 6) is -1.57. The van der Waals surface area contributed by atoms with Gasteiger partial charge in [-0.15, -0.1) is 0 Å². The van der Waals surface area contributed by atoms with Gasteiger partial charge in [-0.2, -0.15) is 0 Å². The van der Waals surface area contributed by atoms with E-state index in [-0.39, 0.29) is 17.8 Å². The second kappa shape index (κ2) is 4.81. The molecule has 19 heavy (non-hydrogen) atoms. The van der Waals surface area contributed by atoms with E-state index in [1.54, 1.807) is 0 Å². The van der Waals surface area contributed by atoms with E-state index in [1.165, 1.54) is 4.90 Å². The summed E-state index contributed by atoms with van der Waals surface area (Å²) in [5.41, 5.74) is 4.12. The first-order valence-corrected chi connectivity index (χ1v) is 5.61. The van der Waals surface area contributed by atoms with E-state index in [0.29, 0.717) is 19.0 Å². The maximum absolute atomic E-state index is 13.2. The summed E-state index contributed by atoms with van der Waals surface area (Å²) >= 11 is 0. The van der Waals surface area contributed by atoms with E-state index < -0.39 is 28.4 Å². The number of carbonyl (C=O) groups is 1. The molecule has 1 amide bonds. The van der Waals surface area contributed by atoms with Crippen LogP contribution in [0.1, 0.15) is 16.8 Å². The largest absolute Gasteiger partial charge is 0.396 e. The van der Waals surface area contributed by atoms with Gasteiger partial charge in [0, 0.05) is 13.1 Å². The molecule has 8 heteroatoms. The number of β-amino-alcohol motifs (C(OH)–C–C–N with tert-alkyl or cyclic N) is 1. The topological polar surface area (TPSA) is 110 Å². The molecule has 1 unspecified atom stereocenters. The monoisotopic (exact) mass is 269 g/mol. The summed E-state index contributed by atoms with van der Waals surface area (Å²) in [4.78, 5) is 23.4. The Morgan fingerprint density at radius 2 is 2.26 bits per heavy atom. The third-order valence-electron chi connectivity index (χ3n) is 2.99. The Bertz CT molecular complexity index is 549. The number of amides is 1. The van der Waals surface area contributed by atoms with E-state index in [1.807, 2.05) is 0 Å². The van der Waals surface area contributed by atoms with Gasteiger partial charge in [0.2, 0.25) is 0 Å². The predicted octanol–water partition coefficient (Wildman–Crippen LogP) is 0.523. The van der Waals surface area contributed by atoms with Gasteiger partial charge in [-0.3, -0.25) is 14.9 Å². The molecule has 0 radical (unpaired) electrons. The standard InChI is InChI=1S/C11H12FN3O4/c12-8-4-10(15(18)19)7(3-9(8)13)11(17)14-2-1-6(16)5-14/h3-4,6,16H,1-2,5,13H2. The number of nitrogen functional groups attached to an aromatic ring is 1. The quantitative estimate of drug-likeness (QED) is 0.462. The van der Waals surface area contributed by atoms with Crippen molar-refractivity contribution in [1.29, 1.82) is 0 Å². The number of halogens is 1. The van der Waals surface area contributed by atoms with Crippen molar-refractivity contribution in [2.45, 2.75) is 12.5 Å². The molecule has 2 rings (SSSR count). The van der Waals surface area contributed by atoms with Gasteiger partial charge in [0.25, 0.3) is 11.6 Å². The molecule has 0 aromatic heterocycles. The Morgan fingerprint density at radius 1 is 1.58 bits per heavy atom. The van der Waals surface area contributed by atoms with Crippen molar-refractivity contribution >= 4 is 17.3 Å². The van der Waals surface area contributed by atoms with Gasteiger partial charge in [-0.25, -0.2) is 4.39 Å². The molecule has 1 aliphatic heterocycles. The van der Waals surface area contributed by atoms with E-state index >= 15 is 0 Å². The second-order valence-corrected chi connectivity index (χ2v) is 4.34. The Morgan fingerprint density at radius 3 is 2.79 bits per heavy atom. The smallest absolute Gasteiger partial charge is 0.285 e. The third-order valence-corrected chi connectivity index (χ3v) is 2.99. The fourth-order valence-corrected chi connectivity index (χ4v) is 2.00. The minimum atomic E-state index is -0.940. The average Bonchev–Trinajstić information content (AvgIpc) is 2.77. The molecule has 1 heterocycles. The molecular formula is C11H12FN3O4. The number of nitro benzene ring substituents is 1. The Balaban J connectivity index is 2.40. The highest BCUT2D eigenvalue weighted by molar-refractivity contribution is 5.99. The minimum Gasteiger partial charge on any atom is -0.396 e. The number of aliphatic hydroxyl groups excluding tert-OH is 1. The number of carbonyl (C=O) groups excluding carboxylic acids is 1. The van der Waals surface area contributed by atoms with Gasteiger partial charge in [-0.1, -0.05) is 0 Å². The summed E-state index contributed by atoms with van der Waals surface area (Å²) in [6.45, 7) is 0.404. The number of rotatable bonds is 2. The molecule has 3 N–H and O–H groups in total. The van der Waals surface area contributed by atoms with Crippen molar-refractivity contribution in [3.63, 3.8) is 0 Å². The lowest BCUT2D eigenvalue weighted by Crippen LogP contribution is -2.30. The number of anilines is 1. The predicted molar refractivity (Wildman–Crippen MR) is 64.0 cm³/mol. The number of nitrogens with two attached hydrogens (primary N) is 1. The van der Waals surface area contributed by atoms with E-state index in [0.717, 1.165) is 6.07 Å². The SMILES string of the molecule is Nc1cc(C(=O)N2CCC(O)C2)c([N+](=O)[O-])cc1F. The minimum absolute atomic E-state index is 0.104. The molecule has 0 spiro atoms. The summed E-state index contributed by atoms with van der Waals surface area (Å²) in [7, 11) is 0. The van der Waals surface area contributed by atoms with Crippen LogP contribution in [0.4, 0.5) is 15.8 Å². The van der Waals surface area contributed by atoms with Crippen LogP contribution >= 0.6 is 0 Å². The van der Waals surface area contributed by atoms with Crippen molar-refractivity contribution < 1.29 is 19.2 Å². The van der Waals surface area contributed by atoms with Gasteiger partial charge in [0.15, 0.2) is 5.82 Å². The first-order valence-electron chi connectivity index (χ1n) is 5.61. The second-order valence-electron chi connectivity index (χ2n) is 4.34. The normalized spacial score (nSPS) is 18.6. The van der Waals surface area contributed by atoms with Crippen molar-refractivity contribution in [2.24, 2.45) is 0 Å². The molecule has 0 saturated carbocycles. The van der Waals surface area contributed by atoms with Crippen LogP contribution in [-0.4, -0.2) is 40.0 Å². The highest BCUT2D eigenvalue weighted by Gasteiger charge is 2.30. The fraction of sp³-hybridized carbons (Fsp3) is 0.364. The highest BCUT2D eigenvalue weighted by Crippen LogP contribution is 2.26. The Kier molecular flexibility index (Phi) is 3.34. The van der Waals surface area contributed by atoms with Gasteiger partial charge in [0.05, 0.1) is 22.8 Å². The maximum Gasteiger partial charge on any atom is 0.285 e. The molecule has 1 fully saturated rings. The molecule has 1 aliphatic rings. The molecule has 1 atom stereocenters. The zero-order chi connectivity index (χ0) is 14.2. The van der Waals surface area contributed by atoms with Gasteiger partial charge < -0.3 is 15.7 Å². The van der Waals surface area contributed by atoms with E-state index in [4.69, 9.17) is 5.73 Å². The fourth-order valence-electron chi connectivity index (χ4n) is 2.00. The van der Waals surface area contributed by atoms with Crippen LogP contribution in [0.5, 0.6) is 0 Å². The van der Waals surface area contributed by atoms with E-state index in [2.05, 4.69) is 0 Å². The molecule has 7 nitrogen and oxygen atoms in total. The molecule has 1 aromatic carbocycles. The number of hydrogen-bond acceptors (Lipinski definition) is 5. The molecule has 1 aromatic rings. The lowest BCUT2D eigenvalue weighted by Gasteiger charge is -2.15. The highest BCUT2D eigenvalue weighted by atomic mass is 19.1. The first-order chi connectivity index (χ1) is 8.90. The van der Waals surface area contributed by atoms with Crippen LogP contribution in [0, 0.1) is 15.9 Å². The zero-order valence-electron chi connectivity index (χ0n) is 9.88. The van der Waals surface area contributed by atoms with Crippen LogP contribution in [-0.2, 0) is 0 Å². The van der Waals surface area contributed by atoms with Crippen LogP contribution in [0.2, 0.25) is 0 Å². The van der Waals surface area contributed by atoms with E-state index in [9.17, 15) is 24.4 Å². The number of nitro groups is 1. The van der Waals surface area contributed by atoms with Crippen LogP contribution in [0.15, 0.2) is 12.1 Å². The zero-order valence-corrected chi connectivity index (χ0v) is 9.88. The number of hydrogen-bond donors (Lipinski definition) is 2. The number of aliphatic hydroxyl groups is 1. The van der Waals surface area contributed by atoms with Crippen LogP contribution in [0.3, 0.4) is 0 Å². The molecule has 1 saturated heterocycles. The third kappa shape index (κ3) is 2.48. The Hall–Kier alpha value is -2.22. The first kappa shape index (κ1) is 13.2. The summed E-state index contributed by atoms with van der Waals surface area (Å²) in [6, 6.07) is 1.59. The molecule has 0 bridgehead atoms. The molecular weight excluding hydrogens is 257 g/mol. The Labute approximate surface area is 107 Å². The number of benzene rings is 1. The molecule has 0 aliphatic carbocycles. The molecule has 102 valence electrons. The summed E-state index contributed by atoms with van der Waals surface area (Å²) in [5, 5.41) is 20.2. The lowest BCUT2D eigenvalue weighted by molar-refractivity contribution is -0.385. The van der Waals surface area contributed by atoms with Crippen molar-refractivity contribution in [2.75, 3.05) is 18.8 Å². The van der Waals surface area contributed by atoms with Crippen LogP contribution in [0.25, 0.3) is 0 Å². The maximum atomic E-state index is 13.2. The number of likely N-dealkylation sites (tertiary alicyclic amines) is 1.